The molecule has 0 spiro atoms. The van der Waals surface area contributed by atoms with Crippen LogP contribution in [0.2, 0.25) is 0 Å². The first-order valence-electron chi connectivity index (χ1n) is 19.1. The fourth-order valence-electron chi connectivity index (χ4n) is 7.54. The standard InChI is InChI=1S/C24BF20.C21H22NO2/c26-5-1(6(27)14(35)21(42)13(5)34)25(2-7(28)15(36)22(43)16(37)8(2)29,3-9(30)17(38)23(44)18(39)10(3)31)4-11(32)19(40)24(45)20(41)12(4)33;1-21(2,3)24-18-12-10-17(11-13-18)20(23)15-22-14-6-8-16-7-4-5-9-19(16)22/h;4-14H,15H2,1-3H3/q-1;+1. The first kappa shape index (κ1) is 51.3. The number of fused-ring (bicyclic) bond motifs is 1. The van der Waals surface area contributed by atoms with Gasteiger partial charge in [0.05, 0.1) is 0 Å². The second kappa shape index (κ2) is 18.7. The van der Waals surface area contributed by atoms with Gasteiger partial charge in [0, 0.05) is 23.1 Å². The summed E-state index contributed by atoms with van der Waals surface area (Å²) in [6, 6.07) is 19.5. The summed E-state index contributed by atoms with van der Waals surface area (Å²) >= 11 is 0. The lowest BCUT2D eigenvalue weighted by molar-refractivity contribution is -0.657. The Hall–Kier alpha value is -7.14. The zero-order valence-corrected chi connectivity index (χ0v) is 34.5. The third kappa shape index (κ3) is 8.57. The quantitative estimate of drug-likeness (QED) is 0.0379. The van der Waals surface area contributed by atoms with Gasteiger partial charge < -0.3 is 4.74 Å². The third-order valence-electron chi connectivity index (χ3n) is 10.4. The predicted molar refractivity (Wildman–Crippen MR) is 205 cm³/mol. The van der Waals surface area contributed by atoms with Crippen LogP contribution >= 0.6 is 0 Å². The number of ether oxygens (including phenoxy) is 1. The average Bonchev–Trinajstić information content (AvgIpc) is 3.31. The number of hydrogen-bond acceptors (Lipinski definition) is 2. The van der Waals surface area contributed by atoms with Crippen molar-refractivity contribution in [3.63, 3.8) is 0 Å². The van der Waals surface area contributed by atoms with Crippen molar-refractivity contribution < 1.29 is 102 Å². The fraction of sp³-hybridized carbons (Fsp3) is 0.111. The molecule has 24 heteroatoms. The van der Waals surface area contributed by atoms with Crippen LogP contribution in [0.5, 0.6) is 5.75 Å². The Morgan fingerprint density at radius 3 is 1.03 bits per heavy atom. The van der Waals surface area contributed by atoms with Gasteiger partial charge in [0.25, 0.3) is 0 Å². The molecule has 0 fully saturated rings. The van der Waals surface area contributed by atoms with E-state index in [1.54, 1.807) is 0 Å². The number of hydrogen-bond donors (Lipinski definition) is 0. The summed E-state index contributed by atoms with van der Waals surface area (Å²) in [5.74, 6) is -70.5. The van der Waals surface area contributed by atoms with Gasteiger partial charge >= 0.3 is 0 Å². The lowest BCUT2D eigenvalue weighted by Gasteiger charge is -2.44. The minimum Gasteiger partial charge on any atom is -0.488 e. The summed E-state index contributed by atoms with van der Waals surface area (Å²) in [6.45, 7) is 6.33. The van der Waals surface area contributed by atoms with Crippen molar-refractivity contribution in [3.8, 4) is 5.75 Å². The number of benzene rings is 6. The molecule has 3 nitrogen and oxygen atoms in total. The molecule has 7 aromatic rings. The Morgan fingerprint density at radius 2 is 0.710 bits per heavy atom. The molecule has 1 heterocycles. The van der Waals surface area contributed by atoms with Crippen LogP contribution in [0.15, 0.2) is 66.9 Å². The van der Waals surface area contributed by atoms with Gasteiger partial charge in [-0.1, -0.05) is 12.1 Å². The molecule has 0 saturated heterocycles. The maximum absolute atomic E-state index is 15.4. The molecule has 0 radical (unpaired) electrons. The van der Waals surface area contributed by atoms with E-state index in [9.17, 15) is 57.5 Å². The van der Waals surface area contributed by atoms with E-state index in [1.165, 1.54) is 0 Å². The highest BCUT2D eigenvalue weighted by atomic mass is 19.2. The Labute approximate surface area is 373 Å². The van der Waals surface area contributed by atoms with E-state index in [4.69, 9.17) is 4.74 Å². The zero-order chi connectivity index (χ0) is 51.5. The monoisotopic (exact) mass is 999 g/mol. The van der Waals surface area contributed by atoms with Crippen LogP contribution in [0.25, 0.3) is 10.9 Å². The van der Waals surface area contributed by atoms with Gasteiger partial charge in [-0.3, -0.25) is 4.79 Å². The van der Waals surface area contributed by atoms with E-state index >= 15 is 35.1 Å². The number of Topliss-reactive ketones (excluding diaryl/α,β-unsaturated/α-hetero) is 1. The highest BCUT2D eigenvalue weighted by Crippen LogP contribution is 2.31. The highest BCUT2D eigenvalue weighted by Gasteiger charge is 2.52. The molecule has 1 aromatic heterocycles. The molecule has 0 bridgehead atoms. The first-order chi connectivity index (χ1) is 32.1. The van der Waals surface area contributed by atoms with Crippen molar-refractivity contribution in [1.82, 2.24) is 0 Å². The van der Waals surface area contributed by atoms with E-state index in [1.807, 2.05) is 80.1 Å². The number of para-hydroxylation sites is 1. The van der Waals surface area contributed by atoms with E-state index in [0.29, 0.717) is 12.1 Å². The average molecular weight is 999 g/mol. The Kier molecular flexibility index (Phi) is 13.9. The van der Waals surface area contributed by atoms with Crippen molar-refractivity contribution >= 4 is 44.7 Å². The number of pyridine rings is 1. The molecule has 0 N–H and O–H groups in total. The number of rotatable bonds is 8. The van der Waals surface area contributed by atoms with E-state index in [2.05, 4.69) is 12.1 Å². The molecule has 0 unspecified atom stereocenters. The number of aromatic nitrogens is 1. The van der Waals surface area contributed by atoms with Crippen molar-refractivity contribution in [1.29, 1.82) is 0 Å². The summed E-state index contributed by atoms with van der Waals surface area (Å²) in [7, 11) is 0. The smallest absolute Gasteiger partial charge is 0.227 e. The second-order valence-corrected chi connectivity index (χ2v) is 15.7. The molecule has 0 saturated carbocycles. The summed E-state index contributed by atoms with van der Waals surface area (Å²) in [4.78, 5) is 12.6. The molecular weight excluding hydrogens is 977 g/mol. The molecule has 6 aromatic carbocycles. The molecule has 0 aliphatic heterocycles. The molecule has 0 aliphatic rings. The fourth-order valence-corrected chi connectivity index (χ4v) is 7.54. The Morgan fingerprint density at radius 1 is 0.420 bits per heavy atom. The molecule has 0 atom stereocenters. The largest absolute Gasteiger partial charge is 0.488 e. The number of halogens is 20. The number of ketones is 1. The van der Waals surface area contributed by atoms with Crippen molar-refractivity contribution in [2.45, 2.75) is 32.9 Å². The summed E-state index contributed by atoms with van der Waals surface area (Å²) in [5.41, 5.74) is -12.8. The molecule has 0 aliphatic carbocycles. The van der Waals surface area contributed by atoms with Crippen LogP contribution in [0.3, 0.4) is 0 Å². The number of nitrogens with zero attached hydrogens (tertiary/aromatic N) is 1. The van der Waals surface area contributed by atoms with E-state index < -0.39 is 144 Å². The summed E-state index contributed by atoms with van der Waals surface area (Å²) in [6.07, 6.45) is -5.28. The van der Waals surface area contributed by atoms with Crippen LogP contribution in [-0.2, 0) is 6.54 Å². The lowest BCUT2D eigenvalue weighted by atomic mass is 9.12. The first-order valence-corrected chi connectivity index (χ1v) is 19.1. The Balaban J connectivity index is 0.000000273. The second-order valence-electron chi connectivity index (χ2n) is 15.7. The lowest BCUT2D eigenvalue weighted by Crippen LogP contribution is -2.81. The molecule has 362 valence electrons. The number of carbonyl (C=O) groups excluding carboxylic acids is 1. The zero-order valence-electron chi connectivity index (χ0n) is 34.5. The van der Waals surface area contributed by atoms with Crippen LogP contribution in [0.1, 0.15) is 31.1 Å². The van der Waals surface area contributed by atoms with Gasteiger partial charge in [0.15, 0.2) is 76.0 Å². The van der Waals surface area contributed by atoms with Gasteiger partial charge in [-0.15, -0.1) is 21.9 Å². The minimum absolute atomic E-state index is 0.0821. The van der Waals surface area contributed by atoms with Gasteiger partial charge in [-0.2, -0.15) is 4.57 Å². The van der Waals surface area contributed by atoms with Crippen molar-refractivity contribution in [3.05, 3.63) is 189 Å². The molecule has 69 heavy (non-hydrogen) atoms. The minimum atomic E-state index is -7.22. The maximum atomic E-state index is 15.4. The van der Waals surface area contributed by atoms with Crippen LogP contribution in [0, 0.1) is 116 Å². The predicted octanol–water partition coefficient (Wildman–Crippen LogP) is 10.0. The van der Waals surface area contributed by atoms with Gasteiger partial charge in [0.1, 0.15) is 64.0 Å². The van der Waals surface area contributed by atoms with Gasteiger partial charge in [-0.25, -0.2) is 87.8 Å². The maximum Gasteiger partial charge on any atom is 0.227 e. The molecular formula is C45H22BF20NO2. The van der Waals surface area contributed by atoms with Crippen LogP contribution in [-0.4, -0.2) is 17.5 Å². The van der Waals surface area contributed by atoms with E-state index in [-0.39, 0.29) is 11.4 Å². The van der Waals surface area contributed by atoms with Crippen LogP contribution in [0.4, 0.5) is 87.8 Å². The highest BCUT2D eigenvalue weighted by molar-refractivity contribution is 7.20. The number of carbonyl (C=O) groups is 1. The Bertz CT molecular complexity index is 2840. The van der Waals surface area contributed by atoms with Gasteiger partial charge in [0.2, 0.25) is 17.8 Å². The summed E-state index contributed by atoms with van der Waals surface area (Å²) < 4.78 is 302. The van der Waals surface area contributed by atoms with Crippen molar-refractivity contribution in [2.75, 3.05) is 0 Å². The molecule has 7 rings (SSSR count). The SMILES string of the molecule is CC(C)(C)Oc1ccc(C(=O)C[n+]2cccc3ccccc32)cc1.Fc1c(F)c(F)c([B-](c2c(F)c(F)c(F)c(F)c2F)(c2c(F)c(F)c(F)c(F)c2F)c2c(F)c(F)c(F)c(F)c2F)c(F)c1F. The topological polar surface area (TPSA) is 30.2 Å². The normalized spacial score (nSPS) is 11.8. The van der Waals surface area contributed by atoms with Crippen LogP contribution < -0.4 is 31.2 Å². The van der Waals surface area contributed by atoms with Gasteiger partial charge in [-0.05, 0) is 57.2 Å². The third-order valence-corrected chi connectivity index (χ3v) is 10.4. The van der Waals surface area contributed by atoms with Crippen molar-refractivity contribution in [2.24, 2.45) is 0 Å². The molecule has 0 amide bonds. The summed E-state index contributed by atoms with van der Waals surface area (Å²) in [5, 5.41) is 1.13. The van der Waals surface area contributed by atoms with E-state index in [0.717, 1.165) is 16.7 Å².